The molecule has 0 aliphatic heterocycles. The van der Waals surface area contributed by atoms with E-state index in [1.54, 1.807) is 0 Å². The Morgan fingerprint density at radius 1 is 1.17 bits per heavy atom. The van der Waals surface area contributed by atoms with E-state index in [2.05, 4.69) is 39.1 Å². The molecule has 0 aromatic carbocycles. The van der Waals surface area contributed by atoms with Crippen LogP contribution < -0.4 is 5.32 Å². The van der Waals surface area contributed by atoms with Crippen LogP contribution in [-0.4, -0.2) is 12.1 Å². The van der Waals surface area contributed by atoms with Crippen LogP contribution in [0.2, 0.25) is 0 Å². The van der Waals surface area contributed by atoms with E-state index >= 15 is 0 Å². The zero-order valence-electron chi connectivity index (χ0n) is 8.59. The molecule has 2 heteroatoms. The van der Waals surface area contributed by atoms with E-state index in [0.717, 1.165) is 5.92 Å². The fourth-order valence-corrected chi connectivity index (χ4v) is 1.46. The molecule has 0 bridgehead atoms. The van der Waals surface area contributed by atoms with Gasteiger partial charge in [-0.2, -0.15) is 5.26 Å². The average Bonchev–Trinajstić information content (AvgIpc) is 1.84. The first-order valence-electron chi connectivity index (χ1n) is 4.69. The van der Waals surface area contributed by atoms with Crippen molar-refractivity contribution in [3.8, 4) is 6.07 Å². The van der Waals surface area contributed by atoms with Crippen molar-refractivity contribution in [2.75, 3.05) is 0 Å². The second-order valence-corrected chi connectivity index (χ2v) is 3.96. The molecule has 0 rings (SSSR count). The average molecular weight is 168 g/mol. The highest BCUT2D eigenvalue weighted by molar-refractivity contribution is 4.79. The van der Waals surface area contributed by atoms with Gasteiger partial charge in [0.05, 0.1) is 12.5 Å². The lowest BCUT2D eigenvalue weighted by atomic mass is 10.0. The third-order valence-corrected chi connectivity index (χ3v) is 1.79. The molecular formula is C10H20N2. The summed E-state index contributed by atoms with van der Waals surface area (Å²) in [4.78, 5) is 0. The molecule has 0 aromatic rings. The Balaban J connectivity index is 3.55. The van der Waals surface area contributed by atoms with Crippen LogP contribution in [-0.2, 0) is 0 Å². The van der Waals surface area contributed by atoms with E-state index in [1.807, 2.05) is 0 Å². The van der Waals surface area contributed by atoms with Crippen molar-refractivity contribution in [3.05, 3.63) is 0 Å². The van der Waals surface area contributed by atoms with Gasteiger partial charge in [-0.3, -0.25) is 0 Å². The molecule has 0 heterocycles. The Labute approximate surface area is 76.0 Å². The quantitative estimate of drug-likeness (QED) is 0.683. The standard InChI is InChI=1S/C10H20N2/c1-8(2)7-10(4)12-9(3)5-6-11/h8-10,12H,5,7H2,1-4H3. The summed E-state index contributed by atoms with van der Waals surface area (Å²) in [5, 5.41) is 11.8. The summed E-state index contributed by atoms with van der Waals surface area (Å²) < 4.78 is 0. The minimum Gasteiger partial charge on any atom is -0.311 e. The normalized spacial score (nSPS) is 15.7. The van der Waals surface area contributed by atoms with Gasteiger partial charge in [0.25, 0.3) is 0 Å². The SMILES string of the molecule is CC(C)CC(C)NC(C)CC#N. The molecule has 0 aliphatic rings. The summed E-state index contributed by atoms with van der Waals surface area (Å²) in [7, 11) is 0. The summed E-state index contributed by atoms with van der Waals surface area (Å²) >= 11 is 0. The molecule has 0 saturated carbocycles. The zero-order chi connectivity index (χ0) is 9.56. The first kappa shape index (κ1) is 11.4. The third-order valence-electron chi connectivity index (χ3n) is 1.79. The van der Waals surface area contributed by atoms with E-state index in [0.29, 0.717) is 18.5 Å². The Kier molecular flexibility index (Phi) is 5.74. The summed E-state index contributed by atoms with van der Waals surface area (Å²) in [6.45, 7) is 8.66. The molecule has 0 fully saturated rings. The van der Waals surface area contributed by atoms with Crippen molar-refractivity contribution in [2.24, 2.45) is 5.92 Å². The molecule has 12 heavy (non-hydrogen) atoms. The highest BCUT2D eigenvalue weighted by Gasteiger charge is 2.07. The number of nitrogens with zero attached hydrogens (tertiary/aromatic N) is 1. The van der Waals surface area contributed by atoms with Crippen LogP contribution in [0.3, 0.4) is 0 Å². The number of nitriles is 1. The van der Waals surface area contributed by atoms with Crippen molar-refractivity contribution in [2.45, 2.75) is 52.6 Å². The minimum atomic E-state index is 0.323. The van der Waals surface area contributed by atoms with Gasteiger partial charge in [-0.15, -0.1) is 0 Å². The third kappa shape index (κ3) is 6.18. The van der Waals surface area contributed by atoms with Crippen LogP contribution in [0.4, 0.5) is 0 Å². The van der Waals surface area contributed by atoms with Crippen molar-refractivity contribution >= 4 is 0 Å². The van der Waals surface area contributed by atoms with Gasteiger partial charge >= 0.3 is 0 Å². The van der Waals surface area contributed by atoms with Crippen LogP contribution in [0, 0.1) is 17.2 Å². The van der Waals surface area contributed by atoms with Gasteiger partial charge in [-0.05, 0) is 26.2 Å². The molecule has 2 unspecified atom stereocenters. The van der Waals surface area contributed by atoms with Crippen molar-refractivity contribution in [3.63, 3.8) is 0 Å². The van der Waals surface area contributed by atoms with E-state index in [9.17, 15) is 0 Å². The Morgan fingerprint density at radius 3 is 2.17 bits per heavy atom. The lowest BCUT2D eigenvalue weighted by Crippen LogP contribution is -2.34. The fourth-order valence-electron chi connectivity index (χ4n) is 1.46. The molecule has 70 valence electrons. The summed E-state index contributed by atoms with van der Waals surface area (Å²) in [6.07, 6.45) is 1.78. The van der Waals surface area contributed by atoms with Crippen molar-refractivity contribution in [1.29, 1.82) is 5.26 Å². The zero-order valence-corrected chi connectivity index (χ0v) is 8.59. The van der Waals surface area contributed by atoms with Crippen molar-refractivity contribution in [1.82, 2.24) is 5.32 Å². The van der Waals surface area contributed by atoms with Gasteiger partial charge in [0.15, 0.2) is 0 Å². The molecule has 0 amide bonds. The molecule has 0 aromatic heterocycles. The topological polar surface area (TPSA) is 35.8 Å². The maximum absolute atomic E-state index is 8.44. The maximum Gasteiger partial charge on any atom is 0.0638 e. The lowest BCUT2D eigenvalue weighted by molar-refractivity contribution is 0.403. The smallest absolute Gasteiger partial charge is 0.0638 e. The van der Waals surface area contributed by atoms with E-state index in [1.165, 1.54) is 6.42 Å². The van der Waals surface area contributed by atoms with Crippen LogP contribution in [0.15, 0.2) is 0 Å². The van der Waals surface area contributed by atoms with Crippen molar-refractivity contribution < 1.29 is 0 Å². The Hall–Kier alpha value is -0.550. The predicted molar refractivity (Wildman–Crippen MR) is 51.7 cm³/mol. The summed E-state index contributed by atoms with van der Waals surface area (Å²) in [6, 6.07) is 3.01. The van der Waals surface area contributed by atoms with E-state index < -0.39 is 0 Å². The molecule has 0 saturated heterocycles. The maximum atomic E-state index is 8.44. The minimum absolute atomic E-state index is 0.323. The van der Waals surface area contributed by atoms with Gasteiger partial charge < -0.3 is 5.32 Å². The molecule has 0 spiro atoms. The summed E-state index contributed by atoms with van der Waals surface area (Å²) in [5.41, 5.74) is 0. The highest BCUT2D eigenvalue weighted by atomic mass is 14.9. The van der Waals surface area contributed by atoms with Gasteiger partial charge in [0.2, 0.25) is 0 Å². The first-order chi connectivity index (χ1) is 5.56. The predicted octanol–water partition coefficient (Wildman–Crippen LogP) is 2.31. The number of hydrogen-bond donors (Lipinski definition) is 1. The number of rotatable bonds is 5. The molecule has 0 radical (unpaired) electrons. The number of hydrogen-bond acceptors (Lipinski definition) is 2. The molecule has 2 atom stereocenters. The van der Waals surface area contributed by atoms with Gasteiger partial charge in [-0.1, -0.05) is 13.8 Å². The van der Waals surface area contributed by atoms with Gasteiger partial charge in [0, 0.05) is 12.1 Å². The van der Waals surface area contributed by atoms with Crippen LogP contribution >= 0.6 is 0 Å². The van der Waals surface area contributed by atoms with Gasteiger partial charge in [0.1, 0.15) is 0 Å². The largest absolute Gasteiger partial charge is 0.311 e. The first-order valence-corrected chi connectivity index (χ1v) is 4.69. The highest BCUT2D eigenvalue weighted by Crippen LogP contribution is 2.05. The second-order valence-electron chi connectivity index (χ2n) is 3.96. The lowest BCUT2D eigenvalue weighted by Gasteiger charge is -2.19. The fraction of sp³-hybridized carbons (Fsp3) is 0.900. The Morgan fingerprint density at radius 2 is 1.75 bits per heavy atom. The molecule has 1 N–H and O–H groups in total. The Bertz CT molecular complexity index is 146. The van der Waals surface area contributed by atoms with E-state index in [-0.39, 0.29) is 0 Å². The number of nitrogens with one attached hydrogen (secondary N) is 1. The van der Waals surface area contributed by atoms with Crippen LogP contribution in [0.1, 0.15) is 40.5 Å². The van der Waals surface area contributed by atoms with Crippen LogP contribution in [0.25, 0.3) is 0 Å². The monoisotopic (exact) mass is 168 g/mol. The van der Waals surface area contributed by atoms with E-state index in [4.69, 9.17) is 5.26 Å². The van der Waals surface area contributed by atoms with Crippen LogP contribution in [0.5, 0.6) is 0 Å². The molecule has 2 nitrogen and oxygen atoms in total. The second kappa shape index (κ2) is 6.02. The van der Waals surface area contributed by atoms with Gasteiger partial charge in [-0.25, -0.2) is 0 Å². The molecular weight excluding hydrogens is 148 g/mol. The summed E-state index contributed by atoms with van der Waals surface area (Å²) in [5.74, 6) is 0.724. The molecule has 0 aliphatic carbocycles.